The summed E-state index contributed by atoms with van der Waals surface area (Å²) in [7, 11) is 0. The molecule has 0 aliphatic carbocycles. The van der Waals surface area contributed by atoms with Crippen molar-refractivity contribution >= 4 is 28.9 Å². The number of pyridine rings is 1. The minimum atomic E-state index is -0.672. The summed E-state index contributed by atoms with van der Waals surface area (Å²) in [6, 6.07) is 9.94. The molecule has 0 radical (unpaired) electrons. The number of carbonyl (C=O) groups is 3. The summed E-state index contributed by atoms with van der Waals surface area (Å²) in [5.74, 6) is -0.727. The van der Waals surface area contributed by atoms with Crippen LogP contribution in [0.25, 0.3) is 11.0 Å². The lowest BCUT2D eigenvalue weighted by molar-refractivity contribution is 0.0468. The zero-order chi connectivity index (χ0) is 22.2. The van der Waals surface area contributed by atoms with Crippen molar-refractivity contribution in [2.24, 2.45) is 0 Å². The van der Waals surface area contributed by atoms with Gasteiger partial charge in [-0.3, -0.25) is 14.5 Å². The molecule has 2 N–H and O–H groups in total. The Labute approximate surface area is 179 Å². The van der Waals surface area contributed by atoms with Crippen molar-refractivity contribution in [3.05, 3.63) is 65.5 Å². The molecule has 3 heterocycles. The van der Waals surface area contributed by atoms with Crippen LogP contribution in [0.15, 0.2) is 48.8 Å². The van der Waals surface area contributed by atoms with E-state index in [1.165, 1.54) is 4.90 Å². The summed E-state index contributed by atoms with van der Waals surface area (Å²) >= 11 is 0. The summed E-state index contributed by atoms with van der Waals surface area (Å²) in [6.07, 6.45) is 3.30. The molecule has 0 saturated heterocycles. The number of alkyl carbamates (subject to hydrolysis) is 1. The first-order valence-electron chi connectivity index (χ1n) is 10.1. The minimum Gasteiger partial charge on any atom is -0.444 e. The molecule has 0 spiro atoms. The van der Waals surface area contributed by atoms with Crippen LogP contribution in [0.5, 0.6) is 0 Å². The number of H-pyrrole nitrogens is 1. The van der Waals surface area contributed by atoms with Gasteiger partial charge in [-0.15, -0.1) is 0 Å². The molecule has 1 unspecified atom stereocenters. The van der Waals surface area contributed by atoms with Crippen molar-refractivity contribution in [3.8, 4) is 0 Å². The topological polar surface area (TPSA) is 104 Å². The van der Waals surface area contributed by atoms with Crippen LogP contribution in [0, 0.1) is 0 Å². The average molecular weight is 420 g/mol. The minimum absolute atomic E-state index is 0.0263. The zero-order valence-corrected chi connectivity index (χ0v) is 17.6. The van der Waals surface area contributed by atoms with E-state index in [-0.39, 0.29) is 18.4 Å². The van der Waals surface area contributed by atoms with Crippen molar-refractivity contribution in [1.82, 2.24) is 20.2 Å². The van der Waals surface area contributed by atoms with Crippen LogP contribution < -0.4 is 5.32 Å². The number of carbonyl (C=O) groups excluding carboxylic acids is 3. The molecule has 0 fully saturated rings. The lowest BCUT2D eigenvalue weighted by Crippen LogP contribution is -2.48. The van der Waals surface area contributed by atoms with Crippen LogP contribution in [0.4, 0.5) is 4.79 Å². The van der Waals surface area contributed by atoms with Gasteiger partial charge >= 0.3 is 6.09 Å². The van der Waals surface area contributed by atoms with E-state index >= 15 is 0 Å². The molecule has 8 heteroatoms. The fourth-order valence-corrected chi connectivity index (χ4v) is 3.71. The van der Waals surface area contributed by atoms with Crippen LogP contribution in [0.3, 0.4) is 0 Å². The standard InChI is InChI=1S/C23H24N4O4/c1-23(2,3)31-22(30)26-15(11-14-12-25-19-16(14)9-6-10-24-19)13-27-20(28)17-7-4-5-8-18(17)21(27)29/h4-10,12,15H,11,13H2,1-3H3,(H,24,25)(H,26,30). The molecule has 8 nitrogen and oxygen atoms in total. The number of fused-ring (bicyclic) bond motifs is 2. The number of benzene rings is 1. The van der Waals surface area contributed by atoms with Gasteiger partial charge in [-0.2, -0.15) is 0 Å². The van der Waals surface area contributed by atoms with Crippen molar-refractivity contribution in [2.45, 2.75) is 38.8 Å². The number of nitrogens with one attached hydrogen (secondary N) is 2. The van der Waals surface area contributed by atoms with Crippen LogP contribution in [0.2, 0.25) is 0 Å². The molecule has 4 rings (SSSR count). The second-order valence-corrected chi connectivity index (χ2v) is 8.53. The van der Waals surface area contributed by atoms with Gasteiger partial charge in [0.2, 0.25) is 0 Å². The number of amides is 3. The maximum absolute atomic E-state index is 12.8. The molecule has 31 heavy (non-hydrogen) atoms. The quantitative estimate of drug-likeness (QED) is 0.617. The first-order valence-corrected chi connectivity index (χ1v) is 10.1. The number of rotatable bonds is 5. The molecule has 3 aromatic rings. The van der Waals surface area contributed by atoms with E-state index in [9.17, 15) is 14.4 Å². The van der Waals surface area contributed by atoms with Gasteiger partial charge < -0.3 is 15.0 Å². The van der Waals surface area contributed by atoms with E-state index in [1.807, 2.05) is 18.3 Å². The highest BCUT2D eigenvalue weighted by atomic mass is 16.6. The fraction of sp³-hybridized carbons (Fsp3) is 0.304. The van der Waals surface area contributed by atoms with Crippen molar-refractivity contribution < 1.29 is 19.1 Å². The monoisotopic (exact) mass is 420 g/mol. The third-order valence-electron chi connectivity index (χ3n) is 5.01. The first-order chi connectivity index (χ1) is 14.7. The van der Waals surface area contributed by atoms with Gasteiger partial charge in [0.25, 0.3) is 11.8 Å². The Morgan fingerprint density at radius 3 is 2.45 bits per heavy atom. The molecular formula is C23H24N4O4. The maximum Gasteiger partial charge on any atom is 0.407 e. The number of ether oxygens (including phenoxy) is 1. The molecular weight excluding hydrogens is 396 g/mol. The molecule has 160 valence electrons. The number of imide groups is 1. The van der Waals surface area contributed by atoms with Crippen LogP contribution in [-0.4, -0.2) is 51.0 Å². The highest BCUT2D eigenvalue weighted by molar-refractivity contribution is 6.21. The van der Waals surface area contributed by atoms with Gasteiger partial charge in [0.05, 0.1) is 23.7 Å². The third kappa shape index (κ3) is 4.28. The summed E-state index contributed by atoms with van der Waals surface area (Å²) < 4.78 is 5.40. The third-order valence-corrected chi connectivity index (χ3v) is 5.01. The lowest BCUT2D eigenvalue weighted by Gasteiger charge is -2.26. The number of aromatic amines is 1. The summed E-state index contributed by atoms with van der Waals surface area (Å²) in [6.45, 7) is 5.35. The van der Waals surface area contributed by atoms with Crippen LogP contribution in [0.1, 0.15) is 47.1 Å². The molecule has 1 atom stereocenters. The van der Waals surface area contributed by atoms with E-state index in [0.717, 1.165) is 16.6 Å². The predicted octanol–water partition coefficient (Wildman–Crippen LogP) is 3.29. The smallest absolute Gasteiger partial charge is 0.407 e. The summed E-state index contributed by atoms with van der Waals surface area (Å²) in [5, 5.41) is 3.75. The molecule has 0 saturated carbocycles. The maximum atomic E-state index is 12.8. The van der Waals surface area contributed by atoms with Crippen molar-refractivity contribution in [2.75, 3.05) is 6.54 Å². The predicted molar refractivity (Wildman–Crippen MR) is 115 cm³/mol. The van der Waals surface area contributed by atoms with Gasteiger partial charge in [-0.05, 0) is 57.0 Å². The second-order valence-electron chi connectivity index (χ2n) is 8.53. The van der Waals surface area contributed by atoms with E-state index in [1.54, 1.807) is 51.2 Å². The summed E-state index contributed by atoms with van der Waals surface area (Å²) in [4.78, 5) is 46.7. The highest BCUT2D eigenvalue weighted by Crippen LogP contribution is 2.24. The number of nitrogens with zero attached hydrogens (tertiary/aromatic N) is 2. The van der Waals surface area contributed by atoms with Gasteiger partial charge in [0, 0.05) is 17.8 Å². The van der Waals surface area contributed by atoms with Gasteiger partial charge in [-0.25, -0.2) is 9.78 Å². The Morgan fingerprint density at radius 1 is 1.13 bits per heavy atom. The molecule has 1 aromatic carbocycles. The van der Waals surface area contributed by atoms with E-state index in [0.29, 0.717) is 17.5 Å². The Kier molecular flexibility index (Phi) is 5.22. The molecule has 2 aromatic heterocycles. The number of hydrogen-bond acceptors (Lipinski definition) is 5. The van der Waals surface area contributed by atoms with E-state index in [2.05, 4.69) is 15.3 Å². The highest BCUT2D eigenvalue weighted by Gasteiger charge is 2.37. The van der Waals surface area contributed by atoms with Crippen molar-refractivity contribution in [3.63, 3.8) is 0 Å². The Balaban J connectivity index is 1.59. The van der Waals surface area contributed by atoms with E-state index in [4.69, 9.17) is 4.74 Å². The zero-order valence-electron chi connectivity index (χ0n) is 17.6. The van der Waals surface area contributed by atoms with Gasteiger partial charge in [-0.1, -0.05) is 12.1 Å². The molecule has 3 amide bonds. The van der Waals surface area contributed by atoms with Crippen LogP contribution >= 0.6 is 0 Å². The largest absolute Gasteiger partial charge is 0.444 e. The molecule has 1 aliphatic rings. The number of aromatic nitrogens is 2. The molecule has 0 bridgehead atoms. The fourth-order valence-electron chi connectivity index (χ4n) is 3.71. The van der Waals surface area contributed by atoms with Crippen molar-refractivity contribution in [1.29, 1.82) is 0 Å². The Morgan fingerprint density at radius 2 is 1.81 bits per heavy atom. The van der Waals surface area contributed by atoms with E-state index < -0.39 is 17.7 Å². The van der Waals surface area contributed by atoms with Gasteiger partial charge in [0.1, 0.15) is 11.2 Å². The SMILES string of the molecule is CC(C)(C)OC(=O)NC(Cc1c[nH]c2ncccc12)CN1C(=O)c2ccccc2C1=O. The average Bonchev–Trinajstić information content (AvgIpc) is 3.22. The lowest BCUT2D eigenvalue weighted by atomic mass is 10.1. The summed E-state index contributed by atoms with van der Waals surface area (Å²) in [5.41, 5.74) is 1.73. The number of hydrogen-bond donors (Lipinski definition) is 2. The Hall–Kier alpha value is -3.68. The van der Waals surface area contributed by atoms with Crippen LogP contribution in [-0.2, 0) is 11.2 Å². The second kappa shape index (κ2) is 7.86. The Bertz CT molecular complexity index is 1130. The van der Waals surface area contributed by atoms with Gasteiger partial charge in [0.15, 0.2) is 0 Å². The first kappa shape index (κ1) is 20.6. The normalized spacial score (nSPS) is 14.6. The molecule has 1 aliphatic heterocycles.